The highest BCUT2D eigenvalue weighted by molar-refractivity contribution is 5.49. The van der Waals surface area contributed by atoms with Crippen molar-refractivity contribution in [1.29, 1.82) is 0 Å². The monoisotopic (exact) mass is 285 g/mol. The molecule has 0 amide bonds. The van der Waals surface area contributed by atoms with E-state index in [-0.39, 0.29) is 5.41 Å². The minimum atomic E-state index is 0.254. The van der Waals surface area contributed by atoms with Gasteiger partial charge in [-0.05, 0) is 61.7 Å². The third-order valence-electron chi connectivity index (χ3n) is 7.26. The lowest BCUT2D eigenvalue weighted by molar-refractivity contribution is 0.0262. The van der Waals surface area contributed by atoms with E-state index in [1.54, 1.807) is 11.1 Å². The minimum Gasteiger partial charge on any atom is -0.301 e. The van der Waals surface area contributed by atoms with E-state index in [4.69, 9.17) is 0 Å². The van der Waals surface area contributed by atoms with Gasteiger partial charge in [0, 0.05) is 11.5 Å². The van der Waals surface area contributed by atoms with Crippen LogP contribution in [0.3, 0.4) is 0 Å². The van der Waals surface area contributed by atoms with Crippen LogP contribution in [-0.4, -0.2) is 24.0 Å². The van der Waals surface area contributed by atoms with Crippen LogP contribution in [0.15, 0.2) is 24.3 Å². The highest BCUT2D eigenvalue weighted by atomic mass is 15.2. The van der Waals surface area contributed by atoms with Crippen molar-refractivity contribution in [3.8, 4) is 0 Å². The van der Waals surface area contributed by atoms with Gasteiger partial charge in [-0.2, -0.15) is 0 Å². The molecule has 0 saturated carbocycles. The summed E-state index contributed by atoms with van der Waals surface area (Å²) in [7, 11) is 0. The molecule has 1 nitrogen and oxygen atoms in total. The predicted molar refractivity (Wildman–Crippen MR) is 90.9 cm³/mol. The van der Waals surface area contributed by atoms with Crippen molar-refractivity contribution in [2.45, 2.75) is 71.3 Å². The van der Waals surface area contributed by atoms with Crippen LogP contribution in [0.2, 0.25) is 0 Å². The molecule has 1 heterocycles. The molecular formula is C20H31N. The Bertz CT molecular complexity index is 531. The van der Waals surface area contributed by atoms with Crippen LogP contribution in [0.5, 0.6) is 0 Å². The zero-order valence-electron chi connectivity index (χ0n) is 14.7. The Hall–Kier alpha value is -0.820. The van der Waals surface area contributed by atoms with Gasteiger partial charge in [-0.3, -0.25) is 0 Å². The lowest BCUT2D eigenvalue weighted by Crippen LogP contribution is -2.53. The van der Waals surface area contributed by atoms with Gasteiger partial charge in [-0.15, -0.1) is 0 Å². The van der Waals surface area contributed by atoms with E-state index in [0.29, 0.717) is 16.9 Å². The summed E-state index contributed by atoms with van der Waals surface area (Å²) < 4.78 is 0. The fourth-order valence-corrected chi connectivity index (χ4v) is 5.03. The second-order valence-electron chi connectivity index (χ2n) is 8.51. The van der Waals surface area contributed by atoms with Gasteiger partial charge in [-0.25, -0.2) is 0 Å². The molecule has 0 N–H and O–H groups in total. The molecular weight excluding hydrogens is 254 g/mol. The quantitative estimate of drug-likeness (QED) is 0.720. The van der Waals surface area contributed by atoms with Crippen molar-refractivity contribution in [3.63, 3.8) is 0 Å². The molecule has 3 rings (SSSR count). The zero-order valence-corrected chi connectivity index (χ0v) is 14.7. The van der Waals surface area contributed by atoms with E-state index < -0.39 is 0 Å². The van der Waals surface area contributed by atoms with Crippen LogP contribution in [0.1, 0.15) is 65.5 Å². The number of likely N-dealkylation sites (tertiary alicyclic amines) is 1. The molecule has 1 aromatic rings. The Balaban J connectivity index is 2.07. The molecule has 1 fully saturated rings. The number of benzene rings is 1. The summed E-state index contributed by atoms with van der Waals surface area (Å²) in [6.45, 7) is 17.1. The first-order valence-corrected chi connectivity index (χ1v) is 8.58. The van der Waals surface area contributed by atoms with Gasteiger partial charge in [0.2, 0.25) is 0 Å². The normalized spacial score (nSPS) is 26.2. The van der Waals surface area contributed by atoms with Crippen LogP contribution in [-0.2, 0) is 10.8 Å². The predicted octanol–water partition coefficient (Wildman–Crippen LogP) is 4.75. The summed E-state index contributed by atoms with van der Waals surface area (Å²) in [6.07, 6.45) is 2.61. The van der Waals surface area contributed by atoms with E-state index in [2.05, 4.69) is 70.7 Å². The molecule has 1 aliphatic carbocycles. The fraction of sp³-hybridized carbons (Fsp3) is 0.700. The molecule has 116 valence electrons. The molecule has 1 aromatic carbocycles. The molecule has 0 radical (unpaired) electrons. The van der Waals surface area contributed by atoms with E-state index in [1.165, 1.54) is 25.9 Å². The molecule has 1 spiro atoms. The standard InChI is InChI=1S/C20H31N/c1-15(2)21-13-11-20(12-14-21)17-10-8-7-9-16(17)18(3,4)19(20,5)6/h7-10,15H,11-14H2,1-6H3. The molecule has 1 aliphatic heterocycles. The molecule has 2 aliphatic rings. The molecule has 0 bridgehead atoms. The van der Waals surface area contributed by atoms with Crippen molar-refractivity contribution in [1.82, 2.24) is 4.90 Å². The lowest BCUT2D eigenvalue weighted by atomic mass is 9.54. The maximum atomic E-state index is 2.65. The molecule has 0 aromatic heterocycles. The maximum absolute atomic E-state index is 2.65. The Labute approximate surface area is 130 Å². The van der Waals surface area contributed by atoms with Crippen LogP contribution in [0, 0.1) is 5.41 Å². The Kier molecular flexibility index (Phi) is 3.30. The smallest absolute Gasteiger partial charge is 0.00396 e. The number of piperidine rings is 1. The summed E-state index contributed by atoms with van der Waals surface area (Å²) in [4.78, 5) is 2.65. The van der Waals surface area contributed by atoms with Crippen molar-refractivity contribution in [2.24, 2.45) is 5.41 Å². The van der Waals surface area contributed by atoms with Gasteiger partial charge in [0.1, 0.15) is 0 Å². The van der Waals surface area contributed by atoms with Crippen LogP contribution >= 0.6 is 0 Å². The topological polar surface area (TPSA) is 3.24 Å². The van der Waals surface area contributed by atoms with E-state index in [1.807, 2.05) is 0 Å². The summed E-state index contributed by atoms with van der Waals surface area (Å²) in [5.74, 6) is 0. The SMILES string of the molecule is CC(C)N1CCC2(CC1)c1ccccc1C(C)(C)C2(C)C. The summed E-state index contributed by atoms with van der Waals surface area (Å²) in [5.41, 5.74) is 4.16. The van der Waals surface area contributed by atoms with Crippen LogP contribution in [0.25, 0.3) is 0 Å². The van der Waals surface area contributed by atoms with Gasteiger partial charge in [0.25, 0.3) is 0 Å². The van der Waals surface area contributed by atoms with E-state index in [0.717, 1.165) is 0 Å². The zero-order chi connectivity index (χ0) is 15.5. The van der Waals surface area contributed by atoms with Gasteiger partial charge in [0.15, 0.2) is 0 Å². The molecule has 0 atom stereocenters. The molecule has 1 heteroatoms. The minimum absolute atomic E-state index is 0.254. The maximum Gasteiger partial charge on any atom is 0.00396 e. The number of fused-ring (bicyclic) bond motifs is 2. The second-order valence-corrected chi connectivity index (χ2v) is 8.51. The molecule has 21 heavy (non-hydrogen) atoms. The first-order valence-electron chi connectivity index (χ1n) is 8.58. The lowest BCUT2D eigenvalue weighted by Gasteiger charge is -2.52. The molecule has 1 saturated heterocycles. The van der Waals surface area contributed by atoms with Crippen molar-refractivity contribution < 1.29 is 0 Å². The van der Waals surface area contributed by atoms with Gasteiger partial charge >= 0.3 is 0 Å². The highest BCUT2D eigenvalue weighted by Crippen LogP contribution is 2.65. The first kappa shape index (κ1) is 15.1. The van der Waals surface area contributed by atoms with Crippen LogP contribution in [0.4, 0.5) is 0 Å². The second kappa shape index (κ2) is 4.59. The third-order valence-corrected chi connectivity index (χ3v) is 7.26. The fourth-order valence-electron chi connectivity index (χ4n) is 5.03. The van der Waals surface area contributed by atoms with E-state index in [9.17, 15) is 0 Å². The van der Waals surface area contributed by atoms with Crippen LogP contribution < -0.4 is 0 Å². The number of rotatable bonds is 1. The number of hydrogen-bond acceptors (Lipinski definition) is 1. The first-order chi connectivity index (χ1) is 9.74. The summed E-state index contributed by atoms with van der Waals surface area (Å²) >= 11 is 0. The number of hydrogen-bond donors (Lipinski definition) is 0. The van der Waals surface area contributed by atoms with E-state index >= 15 is 0 Å². The summed E-state index contributed by atoms with van der Waals surface area (Å²) in [5, 5.41) is 0. The Morgan fingerprint density at radius 3 is 1.95 bits per heavy atom. The van der Waals surface area contributed by atoms with Gasteiger partial charge in [-0.1, -0.05) is 52.0 Å². The largest absolute Gasteiger partial charge is 0.301 e. The van der Waals surface area contributed by atoms with Crippen molar-refractivity contribution in [2.75, 3.05) is 13.1 Å². The van der Waals surface area contributed by atoms with Crippen molar-refractivity contribution >= 4 is 0 Å². The average Bonchev–Trinajstić information content (AvgIpc) is 2.57. The summed E-state index contributed by atoms with van der Waals surface area (Å²) in [6, 6.07) is 9.93. The Morgan fingerprint density at radius 2 is 1.43 bits per heavy atom. The third kappa shape index (κ3) is 1.79. The van der Waals surface area contributed by atoms with Crippen molar-refractivity contribution in [3.05, 3.63) is 35.4 Å². The average molecular weight is 285 g/mol. The molecule has 0 unspecified atom stereocenters. The Morgan fingerprint density at radius 1 is 0.905 bits per heavy atom. The highest BCUT2D eigenvalue weighted by Gasteiger charge is 2.61. The van der Waals surface area contributed by atoms with Gasteiger partial charge in [0.05, 0.1) is 0 Å². The number of nitrogens with zero attached hydrogens (tertiary/aromatic N) is 1. The van der Waals surface area contributed by atoms with Gasteiger partial charge < -0.3 is 4.90 Å².